The fourth-order valence-corrected chi connectivity index (χ4v) is 3.99. The lowest BCUT2D eigenvalue weighted by atomic mass is 9.69. The molecule has 2 rings (SSSR count). The van der Waals surface area contributed by atoms with Gasteiger partial charge in [0.1, 0.15) is 0 Å². The average molecular weight is 279 g/mol. The van der Waals surface area contributed by atoms with Crippen molar-refractivity contribution in [3.63, 3.8) is 0 Å². The van der Waals surface area contributed by atoms with Gasteiger partial charge in [-0.2, -0.15) is 0 Å². The summed E-state index contributed by atoms with van der Waals surface area (Å²) in [6.45, 7) is 6.19. The highest BCUT2D eigenvalue weighted by atomic mass is 14.3. The third kappa shape index (κ3) is 5.46. The molecule has 0 heterocycles. The Morgan fingerprint density at radius 1 is 0.800 bits per heavy atom. The van der Waals surface area contributed by atoms with Gasteiger partial charge in [0.2, 0.25) is 0 Å². The Balaban J connectivity index is 0.00000180. The van der Waals surface area contributed by atoms with E-state index in [1.54, 1.807) is 0 Å². The molecule has 20 heavy (non-hydrogen) atoms. The van der Waals surface area contributed by atoms with Crippen molar-refractivity contribution >= 4 is 0 Å². The van der Waals surface area contributed by atoms with Crippen molar-refractivity contribution in [1.29, 1.82) is 0 Å². The van der Waals surface area contributed by atoms with Crippen LogP contribution in [0.5, 0.6) is 0 Å². The largest absolute Gasteiger partial charge is 0.103 e. The summed E-state index contributed by atoms with van der Waals surface area (Å²) in [6, 6.07) is 0. The van der Waals surface area contributed by atoms with Gasteiger partial charge in [-0.1, -0.05) is 40.0 Å². The van der Waals surface area contributed by atoms with Crippen molar-refractivity contribution < 1.29 is 0 Å². The summed E-state index contributed by atoms with van der Waals surface area (Å²) < 4.78 is 0. The van der Waals surface area contributed by atoms with Crippen LogP contribution in [-0.4, -0.2) is 0 Å². The molecule has 0 heteroatoms. The van der Waals surface area contributed by atoms with Gasteiger partial charge in [0, 0.05) is 0 Å². The first-order chi connectivity index (χ1) is 8.83. The predicted octanol–water partition coefficient (Wildman–Crippen LogP) is 7.02. The van der Waals surface area contributed by atoms with E-state index in [1.165, 1.54) is 57.8 Å². The van der Waals surface area contributed by atoms with Crippen molar-refractivity contribution in [2.75, 3.05) is 0 Å². The van der Waals surface area contributed by atoms with Crippen LogP contribution in [-0.2, 0) is 0 Å². The Bertz CT molecular complexity index is 260. The molecule has 0 aromatic rings. The maximum atomic E-state index is 3.95. The van der Waals surface area contributed by atoms with Crippen molar-refractivity contribution in [3.05, 3.63) is 24.8 Å². The van der Waals surface area contributed by atoms with Crippen LogP contribution in [0.2, 0.25) is 0 Å². The van der Waals surface area contributed by atoms with E-state index in [1.807, 2.05) is 0 Å². The first kappa shape index (κ1) is 19.5. The smallest absolute Gasteiger partial charge is 0.0233 e. The highest BCUT2D eigenvalue weighted by molar-refractivity contribution is 4.92. The topological polar surface area (TPSA) is 0 Å². The molecular formula is C20H38. The van der Waals surface area contributed by atoms with Crippen LogP contribution in [0.3, 0.4) is 0 Å². The minimum Gasteiger partial charge on any atom is -0.103 e. The van der Waals surface area contributed by atoms with E-state index in [0.717, 1.165) is 23.7 Å². The van der Waals surface area contributed by atoms with Crippen LogP contribution < -0.4 is 0 Å². The number of allylic oxidation sites excluding steroid dienone is 3. The SMILES string of the molecule is C.C.C=CC1CCC(C2CCC(C=CCC)CC2)CC1. The standard InChI is InChI=1S/C18H30.2CH4/c1-3-5-6-16-9-13-18(14-10-16)17-11-7-15(4-2)8-12-17;;/h4-6,15-18H,2-3,7-14H2,1H3;2*1H4. The number of rotatable bonds is 4. The molecule has 0 N–H and O–H groups in total. The first-order valence-electron chi connectivity index (χ1n) is 8.12. The van der Waals surface area contributed by atoms with Crippen molar-refractivity contribution in [2.24, 2.45) is 23.7 Å². The lowest BCUT2D eigenvalue weighted by molar-refractivity contribution is 0.166. The van der Waals surface area contributed by atoms with Crippen molar-refractivity contribution in [2.45, 2.75) is 79.6 Å². The van der Waals surface area contributed by atoms with E-state index in [4.69, 9.17) is 0 Å². The quantitative estimate of drug-likeness (QED) is 0.484. The fourth-order valence-electron chi connectivity index (χ4n) is 3.99. The summed E-state index contributed by atoms with van der Waals surface area (Å²) in [6.07, 6.45) is 19.8. The number of hydrogen-bond acceptors (Lipinski definition) is 0. The summed E-state index contributed by atoms with van der Waals surface area (Å²) in [5.41, 5.74) is 0. The van der Waals surface area contributed by atoms with Crippen LogP contribution in [0.25, 0.3) is 0 Å². The number of hydrogen-bond donors (Lipinski definition) is 0. The van der Waals surface area contributed by atoms with Crippen molar-refractivity contribution in [3.8, 4) is 0 Å². The zero-order valence-corrected chi connectivity index (χ0v) is 12.1. The molecule has 2 aliphatic carbocycles. The first-order valence-corrected chi connectivity index (χ1v) is 8.12. The molecule has 2 fully saturated rings. The van der Waals surface area contributed by atoms with E-state index >= 15 is 0 Å². The molecule has 0 bridgehead atoms. The Kier molecular flexibility index (Phi) is 9.98. The van der Waals surface area contributed by atoms with Gasteiger partial charge in [0.05, 0.1) is 0 Å². The van der Waals surface area contributed by atoms with Gasteiger partial charge in [0.15, 0.2) is 0 Å². The summed E-state index contributed by atoms with van der Waals surface area (Å²) in [7, 11) is 0. The second kappa shape index (κ2) is 10.2. The molecular weight excluding hydrogens is 240 g/mol. The van der Waals surface area contributed by atoms with Crippen LogP contribution in [0.1, 0.15) is 79.6 Å². The Hall–Kier alpha value is -0.520. The Morgan fingerprint density at radius 2 is 1.25 bits per heavy atom. The van der Waals surface area contributed by atoms with Gasteiger partial charge < -0.3 is 0 Å². The molecule has 0 aliphatic heterocycles. The summed E-state index contributed by atoms with van der Waals surface area (Å²) in [4.78, 5) is 0. The predicted molar refractivity (Wildman–Crippen MR) is 94.0 cm³/mol. The summed E-state index contributed by atoms with van der Waals surface area (Å²) in [5.74, 6) is 3.80. The highest BCUT2D eigenvalue weighted by Gasteiger charge is 2.29. The van der Waals surface area contributed by atoms with Gasteiger partial charge in [-0.3, -0.25) is 0 Å². The fraction of sp³-hybridized carbons (Fsp3) is 0.800. The zero-order valence-electron chi connectivity index (χ0n) is 12.1. The van der Waals surface area contributed by atoms with Crippen LogP contribution in [0.4, 0.5) is 0 Å². The van der Waals surface area contributed by atoms with Crippen LogP contribution in [0.15, 0.2) is 24.8 Å². The maximum Gasteiger partial charge on any atom is -0.0233 e. The normalized spacial score (nSPS) is 34.0. The van der Waals surface area contributed by atoms with Crippen LogP contribution >= 0.6 is 0 Å². The summed E-state index contributed by atoms with van der Waals surface area (Å²) in [5, 5.41) is 0. The monoisotopic (exact) mass is 278 g/mol. The minimum absolute atomic E-state index is 0. The molecule has 0 saturated heterocycles. The molecule has 0 nitrogen and oxygen atoms in total. The molecule has 0 atom stereocenters. The lowest BCUT2D eigenvalue weighted by Crippen LogP contribution is -2.25. The van der Waals surface area contributed by atoms with Crippen LogP contribution in [0, 0.1) is 23.7 Å². The molecule has 118 valence electrons. The molecule has 2 saturated carbocycles. The minimum atomic E-state index is 0. The highest BCUT2D eigenvalue weighted by Crippen LogP contribution is 2.41. The molecule has 0 aromatic heterocycles. The van der Waals surface area contributed by atoms with Crippen molar-refractivity contribution in [1.82, 2.24) is 0 Å². The molecule has 2 aliphatic rings. The Labute approximate surface area is 128 Å². The third-order valence-electron chi connectivity index (χ3n) is 5.28. The lowest BCUT2D eigenvalue weighted by Gasteiger charge is -2.36. The third-order valence-corrected chi connectivity index (χ3v) is 5.28. The molecule has 0 amide bonds. The van der Waals surface area contributed by atoms with Gasteiger partial charge in [-0.25, -0.2) is 0 Å². The molecule has 0 spiro atoms. The Morgan fingerprint density at radius 3 is 1.65 bits per heavy atom. The van der Waals surface area contributed by atoms with Gasteiger partial charge in [-0.05, 0) is 81.5 Å². The van der Waals surface area contributed by atoms with E-state index in [0.29, 0.717) is 0 Å². The molecule has 0 radical (unpaired) electrons. The molecule has 0 aromatic carbocycles. The second-order valence-corrected chi connectivity index (χ2v) is 6.42. The van der Waals surface area contributed by atoms with E-state index in [9.17, 15) is 0 Å². The second-order valence-electron chi connectivity index (χ2n) is 6.42. The van der Waals surface area contributed by atoms with Gasteiger partial charge in [0.25, 0.3) is 0 Å². The van der Waals surface area contributed by atoms with Gasteiger partial charge in [-0.15, -0.1) is 6.58 Å². The average Bonchev–Trinajstić information content (AvgIpc) is 2.46. The maximum absolute atomic E-state index is 3.95. The van der Waals surface area contributed by atoms with E-state index < -0.39 is 0 Å². The van der Waals surface area contributed by atoms with Gasteiger partial charge >= 0.3 is 0 Å². The molecule has 0 unspecified atom stereocenters. The van der Waals surface area contributed by atoms with E-state index in [2.05, 4.69) is 31.7 Å². The zero-order chi connectivity index (χ0) is 12.8. The van der Waals surface area contributed by atoms with E-state index in [-0.39, 0.29) is 14.9 Å². The summed E-state index contributed by atoms with van der Waals surface area (Å²) >= 11 is 0.